The fourth-order valence-corrected chi connectivity index (χ4v) is 1.98. The molecule has 0 saturated heterocycles. The lowest BCUT2D eigenvalue weighted by Crippen LogP contribution is -1.82. The third-order valence-corrected chi connectivity index (χ3v) is 3.22. The largest absolute Gasteiger partial charge is 0.265 e. The molecule has 0 bridgehead atoms. The molecule has 3 aromatic rings. The second-order valence-corrected chi connectivity index (χ2v) is 5.02. The van der Waals surface area contributed by atoms with Crippen LogP contribution in [0, 0.1) is 47.4 Å². The topological polar surface area (TPSA) is 25.8 Å². The predicted octanol–water partition coefficient (Wildman–Crippen LogP) is 3.28. The Hall–Kier alpha value is -4.24. The number of nitrogens with zero attached hydrogens (tertiary/aromatic N) is 2. The van der Waals surface area contributed by atoms with E-state index in [-0.39, 0.29) is 0 Å². The van der Waals surface area contributed by atoms with E-state index in [2.05, 4.69) is 57.3 Å². The van der Waals surface area contributed by atoms with Crippen molar-refractivity contribution in [2.24, 2.45) is 0 Å². The van der Waals surface area contributed by atoms with Gasteiger partial charge in [-0.2, -0.15) is 0 Å². The molecule has 0 aliphatic rings. The minimum atomic E-state index is 0.828. The standard InChI is InChI=1S/C24H12N2/c1(7-21-13-17-25-18-14-21)3-9-23-11-5-6-12-24(23)10-4-2-8-22-15-19-26-20-16-22/h5-6,11-20H. The van der Waals surface area contributed by atoms with Crippen molar-refractivity contribution in [1.82, 2.24) is 9.97 Å². The average molecular weight is 328 g/mol. The molecule has 0 atom stereocenters. The van der Waals surface area contributed by atoms with Gasteiger partial charge in [-0.05, 0) is 60.1 Å². The zero-order chi connectivity index (χ0) is 17.9. The number of benzene rings is 1. The quantitative estimate of drug-likeness (QED) is 0.592. The van der Waals surface area contributed by atoms with Gasteiger partial charge in [0, 0.05) is 47.0 Å². The Morgan fingerprint density at radius 3 is 1.27 bits per heavy atom. The molecule has 0 fully saturated rings. The molecule has 0 N–H and O–H groups in total. The molecular weight excluding hydrogens is 316 g/mol. The number of aromatic nitrogens is 2. The van der Waals surface area contributed by atoms with E-state index in [9.17, 15) is 0 Å². The Labute approximate surface area is 153 Å². The first-order chi connectivity index (χ1) is 12.9. The minimum absolute atomic E-state index is 0.828. The lowest BCUT2D eigenvalue weighted by molar-refractivity contribution is 1.32. The summed E-state index contributed by atoms with van der Waals surface area (Å²) in [6.45, 7) is 0. The Morgan fingerprint density at radius 2 is 0.846 bits per heavy atom. The van der Waals surface area contributed by atoms with Gasteiger partial charge in [0.1, 0.15) is 0 Å². The van der Waals surface area contributed by atoms with Gasteiger partial charge in [0.15, 0.2) is 0 Å². The van der Waals surface area contributed by atoms with Gasteiger partial charge in [0.2, 0.25) is 0 Å². The van der Waals surface area contributed by atoms with Gasteiger partial charge in [-0.15, -0.1) is 0 Å². The summed E-state index contributed by atoms with van der Waals surface area (Å²) in [4.78, 5) is 7.91. The van der Waals surface area contributed by atoms with Gasteiger partial charge in [0.25, 0.3) is 0 Å². The zero-order valence-electron chi connectivity index (χ0n) is 13.8. The fourth-order valence-electron chi connectivity index (χ4n) is 1.98. The summed E-state index contributed by atoms with van der Waals surface area (Å²) in [6, 6.07) is 15.1. The van der Waals surface area contributed by atoms with Crippen LogP contribution in [0.3, 0.4) is 0 Å². The monoisotopic (exact) mass is 328 g/mol. The smallest absolute Gasteiger partial charge is 0.0412 e. The third-order valence-electron chi connectivity index (χ3n) is 3.22. The molecule has 118 valence electrons. The number of rotatable bonds is 0. The van der Waals surface area contributed by atoms with Crippen molar-refractivity contribution in [3.63, 3.8) is 0 Å². The molecule has 0 amide bonds. The van der Waals surface area contributed by atoms with Crippen molar-refractivity contribution >= 4 is 0 Å². The van der Waals surface area contributed by atoms with Crippen LogP contribution in [-0.4, -0.2) is 9.97 Å². The molecule has 1 aromatic carbocycles. The van der Waals surface area contributed by atoms with E-state index in [0.717, 1.165) is 22.3 Å². The highest BCUT2D eigenvalue weighted by molar-refractivity contribution is 5.54. The second-order valence-electron chi connectivity index (χ2n) is 5.02. The lowest BCUT2D eigenvalue weighted by atomic mass is 10.1. The molecule has 0 aliphatic heterocycles. The highest BCUT2D eigenvalue weighted by Gasteiger charge is 1.93. The van der Waals surface area contributed by atoms with Crippen LogP contribution in [0.25, 0.3) is 0 Å². The average Bonchev–Trinajstić information content (AvgIpc) is 2.71. The van der Waals surface area contributed by atoms with Gasteiger partial charge >= 0.3 is 0 Å². The maximum Gasteiger partial charge on any atom is 0.0412 e. The SMILES string of the molecule is C(C#Cc1ccccc1C#CC#Cc1ccncc1)#Cc1ccncc1. The lowest BCUT2D eigenvalue weighted by Gasteiger charge is -1.93. The molecule has 26 heavy (non-hydrogen) atoms. The summed E-state index contributed by atoms with van der Waals surface area (Å²) >= 11 is 0. The first kappa shape index (κ1) is 16.6. The maximum atomic E-state index is 3.95. The molecule has 0 unspecified atom stereocenters. The molecule has 0 radical (unpaired) electrons. The predicted molar refractivity (Wildman–Crippen MR) is 102 cm³/mol. The maximum absolute atomic E-state index is 3.95. The zero-order valence-corrected chi connectivity index (χ0v) is 13.8. The van der Waals surface area contributed by atoms with Gasteiger partial charge < -0.3 is 0 Å². The highest BCUT2D eigenvalue weighted by Crippen LogP contribution is 2.05. The highest BCUT2D eigenvalue weighted by atomic mass is 14.6. The molecule has 2 heteroatoms. The van der Waals surface area contributed by atoms with Crippen molar-refractivity contribution in [2.75, 3.05) is 0 Å². The second kappa shape index (κ2) is 9.15. The molecule has 2 nitrogen and oxygen atoms in total. The van der Waals surface area contributed by atoms with Gasteiger partial charge in [0.05, 0.1) is 0 Å². The summed E-state index contributed by atoms with van der Waals surface area (Å²) < 4.78 is 0. The minimum Gasteiger partial charge on any atom is -0.265 e. The van der Waals surface area contributed by atoms with Crippen LogP contribution >= 0.6 is 0 Å². The number of pyridine rings is 2. The Morgan fingerprint density at radius 1 is 0.462 bits per heavy atom. The van der Waals surface area contributed by atoms with Crippen LogP contribution < -0.4 is 0 Å². The van der Waals surface area contributed by atoms with E-state index in [4.69, 9.17) is 0 Å². The van der Waals surface area contributed by atoms with Crippen LogP contribution in [-0.2, 0) is 0 Å². The summed E-state index contributed by atoms with van der Waals surface area (Å²) in [5.74, 6) is 23.5. The van der Waals surface area contributed by atoms with E-state index in [1.165, 1.54) is 0 Å². The summed E-state index contributed by atoms with van der Waals surface area (Å²) in [7, 11) is 0. The Bertz CT molecular complexity index is 1040. The van der Waals surface area contributed by atoms with Crippen LogP contribution in [0.1, 0.15) is 22.3 Å². The third kappa shape index (κ3) is 5.15. The van der Waals surface area contributed by atoms with Crippen molar-refractivity contribution in [1.29, 1.82) is 0 Å². The van der Waals surface area contributed by atoms with Crippen LogP contribution in [0.2, 0.25) is 0 Å². The Kier molecular flexibility index (Phi) is 5.85. The first-order valence-electron chi connectivity index (χ1n) is 7.85. The Balaban J connectivity index is 1.76. The van der Waals surface area contributed by atoms with Gasteiger partial charge in [-0.3, -0.25) is 9.97 Å². The summed E-state index contributed by atoms with van der Waals surface area (Å²) in [5, 5.41) is 0. The summed E-state index contributed by atoms with van der Waals surface area (Å²) in [6.07, 6.45) is 6.81. The molecule has 0 aliphatic carbocycles. The molecule has 0 saturated carbocycles. The fraction of sp³-hybridized carbons (Fsp3) is 0. The molecule has 3 rings (SSSR count). The van der Waals surface area contributed by atoms with E-state index < -0.39 is 0 Å². The van der Waals surface area contributed by atoms with Crippen LogP contribution in [0.4, 0.5) is 0 Å². The van der Waals surface area contributed by atoms with Crippen molar-refractivity contribution in [3.05, 3.63) is 95.6 Å². The summed E-state index contributed by atoms with van der Waals surface area (Å²) in [5.41, 5.74) is 3.42. The molecule has 2 aromatic heterocycles. The van der Waals surface area contributed by atoms with Crippen LogP contribution in [0.15, 0.2) is 73.3 Å². The van der Waals surface area contributed by atoms with Crippen molar-refractivity contribution in [2.45, 2.75) is 0 Å². The van der Waals surface area contributed by atoms with Crippen LogP contribution in [0.5, 0.6) is 0 Å². The van der Waals surface area contributed by atoms with Gasteiger partial charge in [-0.1, -0.05) is 35.8 Å². The number of hydrogen-bond acceptors (Lipinski definition) is 2. The van der Waals surface area contributed by atoms with E-state index in [1.54, 1.807) is 24.8 Å². The van der Waals surface area contributed by atoms with Crippen molar-refractivity contribution < 1.29 is 0 Å². The van der Waals surface area contributed by atoms with E-state index in [0.29, 0.717) is 0 Å². The van der Waals surface area contributed by atoms with E-state index >= 15 is 0 Å². The first-order valence-corrected chi connectivity index (χ1v) is 7.85. The van der Waals surface area contributed by atoms with Crippen molar-refractivity contribution in [3.8, 4) is 47.4 Å². The molecule has 2 heterocycles. The normalized spacial score (nSPS) is 8.31. The molecule has 0 spiro atoms. The number of hydrogen-bond donors (Lipinski definition) is 0. The van der Waals surface area contributed by atoms with Gasteiger partial charge in [-0.25, -0.2) is 0 Å². The van der Waals surface area contributed by atoms with E-state index in [1.807, 2.05) is 48.5 Å². The molecular formula is C24H12N2.